The predicted octanol–water partition coefficient (Wildman–Crippen LogP) is 0.993. The van der Waals surface area contributed by atoms with E-state index < -0.39 is 0 Å². The Labute approximate surface area is 110 Å². The zero-order valence-corrected chi connectivity index (χ0v) is 11.1. The molecule has 70 valence electrons. The van der Waals surface area contributed by atoms with Gasteiger partial charge in [-0.15, -0.1) is 0 Å². The fourth-order valence-corrected chi connectivity index (χ4v) is 1.55. The third-order valence-electron chi connectivity index (χ3n) is 2.38. The van der Waals surface area contributed by atoms with Gasteiger partial charge in [-0.25, -0.2) is 0 Å². The minimum absolute atomic E-state index is 0. The largest absolute Gasteiger partial charge is 3.00 e. The molecule has 14 heavy (non-hydrogen) atoms. The molecule has 1 aliphatic rings. The topological polar surface area (TPSA) is 19.4 Å². The van der Waals surface area contributed by atoms with E-state index in [4.69, 9.17) is 0 Å². The first-order chi connectivity index (χ1) is 6.36. The molecule has 1 fully saturated rings. The maximum absolute atomic E-state index is 4.11. The number of anilines is 1. The van der Waals surface area contributed by atoms with Crippen LogP contribution in [0.3, 0.4) is 0 Å². The first kappa shape index (κ1) is 12.1. The van der Waals surface area contributed by atoms with Crippen molar-refractivity contribution in [3.8, 4) is 0 Å². The smallest absolute Gasteiger partial charge is 0.456 e. The van der Waals surface area contributed by atoms with E-state index in [1.165, 1.54) is 5.69 Å². The van der Waals surface area contributed by atoms with Gasteiger partial charge in [0.1, 0.15) is 0 Å². The number of nitrogens with zero attached hydrogens (tertiary/aromatic N) is 3. The molecule has 1 saturated heterocycles. The van der Waals surface area contributed by atoms with Gasteiger partial charge in [-0.3, -0.25) is 12.0 Å². The van der Waals surface area contributed by atoms with Crippen LogP contribution in [0.4, 0.5) is 5.69 Å². The van der Waals surface area contributed by atoms with Gasteiger partial charge in [0, 0.05) is 19.3 Å². The van der Waals surface area contributed by atoms with Crippen molar-refractivity contribution in [2.75, 3.05) is 31.1 Å². The molecule has 0 aliphatic carbocycles. The molecular weight excluding hydrogens is 251 g/mol. The second-order valence-corrected chi connectivity index (χ2v) is 3.32. The summed E-state index contributed by atoms with van der Waals surface area (Å²) >= 11 is 0. The van der Waals surface area contributed by atoms with Gasteiger partial charge in [0.25, 0.3) is 0 Å². The average molecular weight is 265 g/mol. The Morgan fingerprint density at radius 1 is 1.21 bits per heavy atom. The molecule has 3 nitrogen and oxygen atoms in total. The molecule has 0 saturated carbocycles. The molecule has 4 heteroatoms. The van der Waals surface area contributed by atoms with Gasteiger partial charge in [0.15, 0.2) is 0 Å². The summed E-state index contributed by atoms with van der Waals surface area (Å²) in [6, 6.07) is 4.08. The van der Waals surface area contributed by atoms with Crippen molar-refractivity contribution < 1.29 is 32.7 Å². The fraction of sp³-hybridized carbons (Fsp3) is 0.400. The van der Waals surface area contributed by atoms with Crippen molar-refractivity contribution >= 4 is 5.69 Å². The van der Waals surface area contributed by atoms with Crippen LogP contribution in [0, 0.1) is 7.05 Å². The van der Waals surface area contributed by atoms with E-state index >= 15 is 0 Å². The van der Waals surface area contributed by atoms with Crippen LogP contribution in [0.25, 0.3) is 0 Å². The quantitative estimate of drug-likeness (QED) is 0.706. The van der Waals surface area contributed by atoms with Gasteiger partial charge >= 0.3 is 32.7 Å². The van der Waals surface area contributed by atoms with E-state index in [-0.39, 0.29) is 32.7 Å². The van der Waals surface area contributed by atoms with Crippen molar-refractivity contribution in [2.45, 2.75) is 0 Å². The minimum atomic E-state index is 0. The van der Waals surface area contributed by atoms with Gasteiger partial charge in [-0.1, -0.05) is 0 Å². The molecular formula is C10H14N3Y+2. The maximum Gasteiger partial charge on any atom is 3.00 e. The molecule has 1 aliphatic heterocycles. The maximum atomic E-state index is 4.11. The van der Waals surface area contributed by atoms with Crippen LogP contribution in [0.15, 0.2) is 24.5 Å². The van der Waals surface area contributed by atoms with E-state index in [0.29, 0.717) is 0 Å². The summed E-state index contributed by atoms with van der Waals surface area (Å²) in [7, 11) is 3.92. The normalized spacial score (nSPS) is 17.6. The van der Waals surface area contributed by atoms with E-state index in [1.54, 1.807) is 6.20 Å². The summed E-state index contributed by atoms with van der Waals surface area (Å²) in [5, 5.41) is 0. The van der Waals surface area contributed by atoms with E-state index in [9.17, 15) is 0 Å². The molecule has 0 atom stereocenters. The summed E-state index contributed by atoms with van der Waals surface area (Å²) in [6.45, 7) is 4.17. The Bertz CT molecular complexity index is 257. The van der Waals surface area contributed by atoms with E-state index in [0.717, 1.165) is 26.2 Å². The Balaban J connectivity index is 0.000000980. The second kappa shape index (κ2) is 5.79. The molecule has 1 aromatic rings. The molecule has 0 bridgehead atoms. The Morgan fingerprint density at radius 2 is 1.93 bits per heavy atom. The third kappa shape index (κ3) is 3.01. The molecule has 0 radical (unpaired) electrons. The van der Waals surface area contributed by atoms with Gasteiger partial charge in [0.05, 0.1) is 11.9 Å². The number of hydrogen-bond donors (Lipinski definition) is 0. The van der Waals surface area contributed by atoms with Crippen LogP contribution in [0.1, 0.15) is 0 Å². The van der Waals surface area contributed by atoms with Crippen LogP contribution in [-0.2, 0) is 32.7 Å². The summed E-state index contributed by atoms with van der Waals surface area (Å²) < 4.78 is 0. The van der Waals surface area contributed by atoms with Crippen molar-refractivity contribution in [1.29, 1.82) is 0 Å². The summed E-state index contributed by atoms with van der Waals surface area (Å²) in [6.07, 6.45) is 3.72. The number of pyridine rings is 1. The number of rotatable bonds is 1. The third-order valence-corrected chi connectivity index (χ3v) is 2.38. The molecule has 0 amide bonds. The minimum Gasteiger partial charge on any atom is -0.456 e. The second-order valence-electron chi connectivity index (χ2n) is 3.32. The first-order valence-electron chi connectivity index (χ1n) is 4.57. The zero-order valence-electron chi connectivity index (χ0n) is 8.26. The van der Waals surface area contributed by atoms with Crippen molar-refractivity contribution in [2.24, 2.45) is 0 Å². The van der Waals surface area contributed by atoms with Gasteiger partial charge in [-0.2, -0.15) is 0 Å². The molecule has 2 rings (SSSR count). The first-order valence-corrected chi connectivity index (χ1v) is 4.57. The average Bonchev–Trinajstić information content (AvgIpc) is 2.20. The van der Waals surface area contributed by atoms with Gasteiger partial charge < -0.3 is 9.80 Å². The summed E-state index contributed by atoms with van der Waals surface area (Å²) in [5.41, 5.74) is 1.22. The van der Waals surface area contributed by atoms with Crippen LogP contribution in [0.5, 0.6) is 0 Å². The van der Waals surface area contributed by atoms with Gasteiger partial charge in [-0.05, 0) is 25.2 Å². The van der Waals surface area contributed by atoms with Crippen LogP contribution < -0.4 is 4.90 Å². The van der Waals surface area contributed by atoms with Crippen molar-refractivity contribution in [1.82, 2.24) is 9.88 Å². The van der Waals surface area contributed by atoms with E-state index in [1.807, 2.05) is 12.3 Å². The molecule has 0 unspecified atom stereocenters. The summed E-state index contributed by atoms with van der Waals surface area (Å²) in [5.74, 6) is 0. The zero-order chi connectivity index (χ0) is 9.10. The van der Waals surface area contributed by atoms with Crippen molar-refractivity contribution in [3.63, 3.8) is 0 Å². The summed E-state index contributed by atoms with van der Waals surface area (Å²) in [4.78, 5) is 8.55. The molecule has 0 spiro atoms. The molecule has 1 aromatic heterocycles. The standard InChI is InChI=1S/C10H14N3.Y/c1-12-5-7-13(8-6-12)10-3-2-4-11-9-10;/h2-4,9H,1,5-8H2;/q-1;+3. The van der Waals surface area contributed by atoms with Gasteiger partial charge in [0.2, 0.25) is 0 Å². The Morgan fingerprint density at radius 3 is 2.50 bits per heavy atom. The predicted molar refractivity (Wildman–Crippen MR) is 53.4 cm³/mol. The molecule has 0 aromatic carbocycles. The van der Waals surface area contributed by atoms with Crippen molar-refractivity contribution in [3.05, 3.63) is 31.6 Å². The SMILES string of the molecule is [CH2-]N1CCN(c2cccnc2)CC1.[Y+3]. The fourth-order valence-electron chi connectivity index (χ4n) is 1.55. The molecule has 2 heterocycles. The van der Waals surface area contributed by atoms with E-state index in [2.05, 4.69) is 27.9 Å². The number of aromatic nitrogens is 1. The van der Waals surface area contributed by atoms with Crippen LogP contribution in [0.2, 0.25) is 0 Å². The van der Waals surface area contributed by atoms with Crippen LogP contribution >= 0.6 is 0 Å². The Kier molecular flexibility index (Phi) is 5.00. The molecule has 0 N–H and O–H groups in total. The Hall–Kier alpha value is 0.0139. The number of piperazine rings is 1. The monoisotopic (exact) mass is 265 g/mol. The number of hydrogen-bond acceptors (Lipinski definition) is 3. The van der Waals surface area contributed by atoms with Crippen LogP contribution in [-0.4, -0.2) is 36.1 Å².